The topological polar surface area (TPSA) is 49.8 Å². The number of rotatable bonds is 8. The van der Waals surface area contributed by atoms with E-state index in [4.69, 9.17) is 4.52 Å². The highest BCUT2D eigenvalue weighted by molar-refractivity contribution is 7.67. The van der Waals surface area contributed by atoms with E-state index >= 15 is 0 Å². The van der Waals surface area contributed by atoms with E-state index in [1.54, 1.807) is 12.1 Å². The van der Waals surface area contributed by atoms with E-state index in [1.165, 1.54) is 5.56 Å². The lowest BCUT2D eigenvalue weighted by atomic mass is 10.0. The summed E-state index contributed by atoms with van der Waals surface area (Å²) in [5, 5.41) is 11.6. The molecule has 0 heterocycles. The van der Waals surface area contributed by atoms with Crippen LogP contribution in [-0.4, -0.2) is 25.8 Å². The Morgan fingerprint density at radius 2 is 1.44 bits per heavy atom. The molecule has 0 fully saturated rings. The van der Waals surface area contributed by atoms with Crippen LogP contribution in [0, 0.1) is 5.92 Å². The van der Waals surface area contributed by atoms with E-state index < -0.39 is 13.2 Å². The Balaban J connectivity index is 2.40. The van der Waals surface area contributed by atoms with E-state index in [0.29, 0.717) is 23.4 Å². The largest absolute Gasteiger partial charge is 0.378 e. The zero-order chi connectivity index (χ0) is 20.2. The quantitative estimate of drug-likeness (QED) is 0.635. The van der Waals surface area contributed by atoms with E-state index in [0.717, 1.165) is 5.69 Å². The third-order valence-electron chi connectivity index (χ3n) is 4.55. The van der Waals surface area contributed by atoms with Gasteiger partial charge in [0.15, 0.2) is 5.85 Å². The van der Waals surface area contributed by atoms with Crippen LogP contribution in [-0.2, 0) is 9.09 Å². The standard InChI is InChI=1S/C22H32NO3P/c1-16(2)15-26-27(25,21-13-11-20(12-14-21)23(5)6)22(24)19-9-7-18(8-10-19)17(3)4/h7-14,16-17,22,24H,15H2,1-6H3/t22-,27-/m1/s1. The Labute approximate surface area is 163 Å². The van der Waals surface area contributed by atoms with Crippen LogP contribution >= 0.6 is 7.37 Å². The minimum Gasteiger partial charge on any atom is -0.378 e. The van der Waals surface area contributed by atoms with Crippen molar-refractivity contribution in [3.8, 4) is 0 Å². The van der Waals surface area contributed by atoms with Crippen LogP contribution in [0.15, 0.2) is 48.5 Å². The first-order valence-corrected chi connectivity index (χ1v) is 11.1. The minimum atomic E-state index is -3.49. The van der Waals surface area contributed by atoms with Gasteiger partial charge in [0.1, 0.15) is 0 Å². The molecule has 0 aliphatic rings. The van der Waals surface area contributed by atoms with E-state index in [9.17, 15) is 9.67 Å². The predicted octanol–water partition coefficient (Wildman–Crippen LogP) is 5.14. The van der Waals surface area contributed by atoms with Crippen LogP contribution in [0.25, 0.3) is 0 Å². The van der Waals surface area contributed by atoms with Crippen LogP contribution in [0.1, 0.15) is 50.6 Å². The SMILES string of the molecule is CC(C)CO[P@](=O)(c1ccc(N(C)C)cc1)[C@@H](O)c1ccc(C(C)C)cc1. The summed E-state index contributed by atoms with van der Waals surface area (Å²) in [6.07, 6.45) is 0. The van der Waals surface area contributed by atoms with Crippen LogP contribution in [0.2, 0.25) is 0 Å². The van der Waals surface area contributed by atoms with E-state index in [-0.39, 0.29) is 5.92 Å². The number of nitrogens with zero attached hydrogens (tertiary/aromatic N) is 1. The van der Waals surface area contributed by atoms with Gasteiger partial charge in [-0.3, -0.25) is 4.57 Å². The van der Waals surface area contributed by atoms with Crippen molar-refractivity contribution in [1.29, 1.82) is 0 Å². The number of aliphatic hydroxyl groups is 1. The van der Waals surface area contributed by atoms with Gasteiger partial charge in [-0.15, -0.1) is 0 Å². The van der Waals surface area contributed by atoms with Crippen molar-refractivity contribution in [2.24, 2.45) is 5.92 Å². The minimum absolute atomic E-state index is 0.217. The summed E-state index contributed by atoms with van der Waals surface area (Å²) >= 11 is 0. The molecule has 0 saturated heterocycles. The molecule has 5 heteroatoms. The van der Waals surface area contributed by atoms with Gasteiger partial charge in [0.25, 0.3) is 7.37 Å². The first-order valence-electron chi connectivity index (χ1n) is 9.45. The molecular formula is C22H32NO3P. The molecule has 0 aliphatic heterocycles. The van der Waals surface area contributed by atoms with Crippen molar-refractivity contribution < 1.29 is 14.2 Å². The summed E-state index contributed by atoms with van der Waals surface area (Å²) in [7, 11) is 0.416. The average Bonchev–Trinajstić information content (AvgIpc) is 2.65. The van der Waals surface area contributed by atoms with Crippen molar-refractivity contribution in [3.05, 3.63) is 59.7 Å². The van der Waals surface area contributed by atoms with E-state index in [1.807, 2.05) is 69.2 Å². The maximum Gasteiger partial charge on any atom is 0.264 e. The van der Waals surface area contributed by atoms with Crippen molar-refractivity contribution in [2.75, 3.05) is 25.6 Å². The first-order chi connectivity index (χ1) is 12.6. The van der Waals surface area contributed by atoms with Crippen molar-refractivity contribution >= 4 is 18.4 Å². The second-order valence-electron chi connectivity index (χ2n) is 7.89. The van der Waals surface area contributed by atoms with Gasteiger partial charge in [-0.25, -0.2) is 0 Å². The lowest BCUT2D eigenvalue weighted by Gasteiger charge is -2.26. The summed E-state index contributed by atoms with van der Waals surface area (Å²) in [5.41, 5.74) is 2.80. The summed E-state index contributed by atoms with van der Waals surface area (Å²) < 4.78 is 19.7. The van der Waals surface area contributed by atoms with Gasteiger partial charge in [-0.2, -0.15) is 0 Å². The van der Waals surface area contributed by atoms with Crippen LogP contribution in [0.5, 0.6) is 0 Å². The van der Waals surface area contributed by atoms with Crippen LogP contribution in [0.3, 0.4) is 0 Å². The molecule has 27 heavy (non-hydrogen) atoms. The van der Waals surface area contributed by atoms with Gasteiger partial charge in [-0.05, 0) is 47.2 Å². The Morgan fingerprint density at radius 1 is 0.926 bits per heavy atom. The molecule has 0 bridgehead atoms. The molecule has 2 rings (SSSR count). The molecule has 0 aliphatic carbocycles. The third kappa shape index (κ3) is 5.22. The van der Waals surface area contributed by atoms with Crippen molar-refractivity contribution in [3.63, 3.8) is 0 Å². The molecule has 148 valence electrons. The highest BCUT2D eigenvalue weighted by Gasteiger charge is 2.36. The zero-order valence-electron chi connectivity index (χ0n) is 17.2. The van der Waals surface area contributed by atoms with Crippen LogP contribution < -0.4 is 10.2 Å². The molecule has 4 nitrogen and oxygen atoms in total. The number of hydrogen-bond donors (Lipinski definition) is 1. The highest BCUT2D eigenvalue weighted by atomic mass is 31.2. The van der Waals surface area contributed by atoms with Gasteiger partial charge < -0.3 is 14.5 Å². The monoisotopic (exact) mass is 389 g/mol. The van der Waals surface area contributed by atoms with E-state index in [2.05, 4.69) is 13.8 Å². The van der Waals surface area contributed by atoms with Crippen LogP contribution in [0.4, 0.5) is 5.69 Å². The third-order valence-corrected chi connectivity index (χ3v) is 7.04. The molecule has 2 aromatic rings. The summed E-state index contributed by atoms with van der Waals surface area (Å²) in [6, 6.07) is 15.0. The number of benzene rings is 2. The maximum absolute atomic E-state index is 13.8. The molecule has 2 atom stereocenters. The maximum atomic E-state index is 13.8. The molecule has 0 aromatic heterocycles. The van der Waals surface area contributed by atoms with Crippen molar-refractivity contribution in [1.82, 2.24) is 0 Å². The Kier molecular flexibility index (Phi) is 7.27. The van der Waals surface area contributed by atoms with Gasteiger partial charge in [-0.1, -0.05) is 52.0 Å². The lowest BCUT2D eigenvalue weighted by Crippen LogP contribution is -2.17. The molecule has 0 spiro atoms. The van der Waals surface area contributed by atoms with Gasteiger partial charge in [0.05, 0.1) is 6.61 Å². The zero-order valence-corrected chi connectivity index (χ0v) is 18.1. The predicted molar refractivity (Wildman–Crippen MR) is 114 cm³/mol. The second kappa shape index (κ2) is 9.05. The smallest absolute Gasteiger partial charge is 0.264 e. The Hall–Kier alpha value is -1.61. The molecule has 2 aromatic carbocycles. The Bertz CT molecular complexity index is 767. The lowest BCUT2D eigenvalue weighted by molar-refractivity contribution is 0.203. The molecule has 1 N–H and O–H groups in total. The van der Waals surface area contributed by atoms with Gasteiger partial charge in [0.2, 0.25) is 0 Å². The number of hydrogen-bond acceptors (Lipinski definition) is 4. The Morgan fingerprint density at radius 3 is 1.89 bits per heavy atom. The summed E-state index contributed by atoms with van der Waals surface area (Å²) in [5.74, 6) is -0.573. The fraction of sp³-hybridized carbons (Fsp3) is 0.455. The molecule has 0 amide bonds. The molecule has 0 unspecified atom stereocenters. The molecule has 0 radical (unpaired) electrons. The fourth-order valence-corrected chi connectivity index (χ4v) is 4.98. The van der Waals surface area contributed by atoms with Crippen molar-refractivity contribution in [2.45, 2.75) is 39.5 Å². The summed E-state index contributed by atoms with van der Waals surface area (Å²) in [6.45, 7) is 8.57. The second-order valence-corrected chi connectivity index (χ2v) is 10.4. The number of anilines is 1. The molecular weight excluding hydrogens is 357 g/mol. The molecule has 0 saturated carbocycles. The highest BCUT2D eigenvalue weighted by Crippen LogP contribution is 2.58. The average molecular weight is 389 g/mol. The fourth-order valence-electron chi connectivity index (χ4n) is 2.75. The number of aliphatic hydroxyl groups excluding tert-OH is 1. The normalized spacial score (nSPS) is 15.0. The summed E-state index contributed by atoms with van der Waals surface area (Å²) in [4.78, 5) is 1.98. The van der Waals surface area contributed by atoms with Gasteiger partial charge in [0, 0.05) is 25.1 Å². The van der Waals surface area contributed by atoms with Gasteiger partial charge >= 0.3 is 0 Å². The first kappa shape index (κ1) is 21.7.